The molecule has 1 nitrogen and oxygen atoms in total. The Kier molecular flexibility index (Phi) is 4.34. The summed E-state index contributed by atoms with van der Waals surface area (Å²) in [4.78, 5) is 11.1. The number of ketones is 1. The number of Topliss-reactive ketones (excluding diaryl/α,β-unsaturated/α-hetero) is 1. The van der Waals surface area contributed by atoms with E-state index in [-0.39, 0.29) is 0 Å². The first kappa shape index (κ1) is 9.76. The van der Waals surface area contributed by atoms with Gasteiger partial charge in [0.15, 0.2) is 0 Å². The molecule has 0 atom stereocenters. The van der Waals surface area contributed by atoms with Crippen LogP contribution < -0.4 is 0 Å². The van der Waals surface area contributed by atoms with Crippen LogP contribution in [0, 0.1) is 5.92 Å². The smallest absolute Gasteiger partial charge is 0.133 e. The fourth-order valence-electron chi connectivity index (χ4n) is 1.83. The quantitative estimate of drug-likeness (QED) is 0.587. The van der Waals surface area contributed by atoms with Gasteiger partial charge in [-0.05, 0) is 25.2 Å². The SMILES string of the molecule is CCCCC[C]1CCCC(=O)C1. The Morgan fingerprint density at radius 2 is 2.08 bits per heavy atom. The highest BCUT2D eigenvalue weighted by Gasteiger charge is 2.18. The lowest BCUT2D eigenvalue weighted by Crippen LogP contribution is -2.12. The molecule has 1 fully saturated rings. The van der Waals surface area contributed by atoms with Crippen molar-refractivity contribution in [1.29, 1.82) is 0 Å². The maximum atomic E-state index is 11.1. The Morgan fingerprint density at radius 1 is 1.25 bits per heavy atom. The first-order chi connectivity index (χ1) is 5.83. The van der Waals surface area contributed by atoms with Gasteiger partial charge in [0.2, 0.25) is 0 Å². The summed E-state index contributed by atoms with van der Waals surface area (Å²) >= 11 is 0. The number of carbonyl (C=O) groups is 1. The van der Waals surface area contributed by atoms with Crippen molar-refractivity contribution in [3.8, 4) is 0 Å². The van der Waals surface area contributed by atoms with Gasteiger partial charge in [-0.1, -0.05) is 26.2 Å². The van der Waals surface area contributed by atoms with E-state index in [2.05, 4.69) is 6.92 Å². The van der Waals surface area contributed by atoms with Crippen LogP contribution in [0.5, 0.6) is 0 Å². The summed E-state index contributed by atoms with van der Waals surface area (Å²) < 4.78 is 0. The van der Waals surface area contributed by atoms with Gasteiger partial charge in [0.05, 0.1) is 0 Å². The van der Waals surface area contributed by atoms with Crippen LogP contribution in [0.3, 0.4) is 0 Å². The van der Waals surface area contributed by atoms with Gasteiger partial charge >= 0.3 is 0 Å². The van der Waals surface area contributed by atoms with Crippen molar-refractivity contribution >= 4 is 5.78 Å². The number of carbonyl (C=O) groups excluding carboxylic acids is 1. The number of hydrogen-bond acceptors (Lipinski definition) is 1. The third-order valence-corrected chi connectivity index (χ3v) is 2.57. The molecule has 1 aliphatic carbocycles. The molecule has 0 amide bonds. The largest absolute Gasteiger partial charge is 0.300 e. The van der Waals surface area contributed by atoms with Gasteiger partial charge in [-0.15, -0.1) is 0 Å². The van der Waals surface area contributed by atoms with Crippen molar-refractivity contribution in [2.24, 2.45) is 0 Å². The summed E-state index contributed by atoms with van der Waals surface area (Å²) in [5, 5.41) is 0. The third-order valence-electron chi connectivity index (χ3n) is 2.57. The summed E-state index contributed by atoms with van der Waals surface area (Å²) in [7, 11) is 0. The first-order valence-electron chi connectivity index (χ1n) is 5.18. The maximum Gasteiger partial charge on any atom is 0.133 e. The van der Waals surface area contributed by atoms with Crippen LogP contribution in [0.4, 0.5) is 0 Å². The highest BCUT2D eigenvalue weighted by molar-refractivity contribution is 5.81. The van der Waals surface area contributed by atoms with Gasteiger partial charge in [-0.25, -0.2) is 0 Å². The molecule has 0 heterocycles. The molecule has 1 aliphatic rings. The lowest BCUT2D eigenvalue weighted by molar-refractivity contribution is -0.119. The van der Waals surface area contributed by atoms with E-state index in [1.807, 2.05) is 0 Å². The van der Waals surface area contributed by atoms with Crippen LogP contribution in [-0.2, 0) is 4.79 Å². The van der Waals surface area contributed by atoms with Gasteiger partial charge in [0, 0.05) is 12.8 Å². The normalized spacial score (nSPS) is 19.9. The fraction of sp³-hybridized carbons (Fsp3) is 0.818. The average Bonchev–Trinajstić information content (AvgIpc) is 2.05. The second-order valence-electron chi connectivity index (χ2n) is 3.78. The maximum absolute atomic E-state index is 11.1. The minimum atomic E-state index is 0.466. The molecule has 69 valence electrons. The lowest BCUT2D eigenvalue weighted by Gasteiger charge is -2.19. The van der Waals surface area contributed by atoms with E-state index in [1.165, 1.54) is 38.0 Å². The predicted octanol–water partition coefficient (Wildman–Crippen LogP) is 3.28. The van der Waals surface area contributed by atoms with Crippen LogP contribution in [0.2, 0.25) is 0 Å². The Labute approximate surface area is 75.5 Å². The average molecular weight is 167 g/mol. The van der Waals surface area contributed by atoms with E-state index < -0.39 is 0 Å². The molecule has 0 N–H and O–H groups in total. The van der Waals surface area contributed by atoms with Gasteiger partial charge in [-0.3, -0.25) is 4.79 Å². The van der Waals surface area contributed by atoms with Crippen molar-refractivity contribution in [1.82, 2.24) is 0 Å². The molecule has 1 rings (SSSR count). The molecule has 0 aromatic carbocycles. The van der Waals surface area contributed by atoms with Crippen molar-refractivity contribution in [2.45, 2.75) is 58.3 Å². The summed E-state index contributed by atoms with van der Waals surface area (Å²) in [5.74, 6) is 1.98. The van der Waals surface area contributed by atoms with Gasteiger partial charge in [0.1, 0.15) is 5.78 Å². The Balaban J connectivity index is 2.10. The van der Waals surface area contributed by atoms with Crippen LogP contribution in [0.15, 0.2) is 0 Å². The van der Waals surface area contributed by atoms with Gasteiger partial charge < -0.3 is 0 Å². The van der Waals surface area contributed by atoms with Crippen molar-refractivity contribution in [2.75, 3.05) is 0 Å². The predicted molar refractivity (Wildman–Crippen MR) is 50.9 cm³/mol. The molecule has 12 heavy (non-hydrogen) atoms. The molecule has 0 bridgehead atoms. The number of unbranched alkanes of at least 4 members (excludes halogenated alkanes) is 2. The summed E-state index contributed by atoms with van der Waals surface area (Å²) in [6.45, 7) is 2.22. The molecular formula is C11H19O. The Hall–Kier alpha value is -0.330. The third kappa shape index (κ3) is 3.38. The second kappa shape index (κ2) is 5.34. The van der Waals surface area contributed by atoms with E-state index in [1.54, 1.807) is 0 Å². The van der Waals surface area contributed by atoms with E-state index >= 15 is 0 Å². The zero-order valence-electron chi connectivity index (χ0n) is 8.07. The minimum Gasteiger partial charge on any atom is -0.300 e. The second-order valence-corrected chi connectivity index (χ2v) is 3.78. The van der Waals surface area contributed by atoms with E-state index in [0.29, 0.717) is 5.78 Å². The molecule has 1 saturated carbocycles. The van der Waals surface area contributed by atoms with Crippen LogP contribution in [0.25, 0.3) is 0 Å². The molecule has 0 saturated heterocycles. The van der Waals surface area contributed by atoms with Crippen LogP contribution in [-0.4, -0.2) is 5.78 Å². The first-order valence-corrected chi connectivity index (χ1v) is 5.18. The van der Waals surface area contributed by atoms with Crippen molar-refractivity contribution in [3.05, 3.63) is 5.92 Å². The number of hydrogen-bond donors (Lipinski definition) is 0. The van der Waals surface area contributed by atoms with Crippen LogP contribution in [0.1, 0.15) is 58.3 Å². The molecule has 1 radical (unpaired) electrons. The summed E-state index contributed by atoms with van der Waals surface area (Å²) in [6, 6.07) is 0. The highest BCUT2D eigenvalue weighted by Crippen LogP contribution is 2.27. The van der Waals surface area contributed by atoms with Crippen molar-refractivity contribution in [3.63, 3.8) is 0 Å². The van der Waals surface area contributed by atoms with E-state index in [4.69, 9.17) is 0 Å². The molecule has 0 aliphatic heterocycles. The van der Waals surface area contributed by atoms with Crippen molar-refractivity contribution < 1.29 is 4.79 Å². The topological polar surface area (TPSA) is 17.1 Å². The summed E-state index contributed by atoms with van der Waals surface area (Å²) in [5.41, 5.74) is 0. The monoisotopic (exact) mass is 167 g/mol. The van der Waals surface area contributed by atoms with Gasteiger partial charge in [-0.2, -0.15) is 0 Å². The van der Waals surface area contributed by atoms with Crippen LogP contribution >= 0.6 is 0 Å². The molecule has 0 spiro atoms. The lowest BCUT2D eigenvalue weighted by atomic mass is 9.85. The zero-order valence-corrected chi connectivity index (χ0v) is 8.07. The van der Waals surface area contributed by atoms with E-state index in [9.17, 15) is 4.79 Å². The molecule has 1 heteroatoms. The summed E-state index contributed by atoms with van der Waals surface area (Å²) in [6.07, 6.45) is 9.05. The zero-order chi connectivity index (χ0) is 8.81. The minimum absolute atomic E-state index is 0.466. The fourth-order valence-corrected chi connectivity index (χ4v) is 1.83. The number of rotatable bonds is 4. The molecule has 0 unspecified atom stereocenters. The highest BCUT2D eigenvalue weighted by atomic mass is 16.1. The standard InChI is InChI=1S/C11H19O/c1-2-3-4-6-10-7-5-8-11(12)9-10/h2-9H2,1H3. The molecule has 0 aromatic rings. The van der Waals surface area contributed by atoms with E-state index in [0.717, 1.165) is 19.3 Å². The van der Waals surface area contributed by atoms with Gasteiger partial charge in [0.25, 0.3) is 0 Å². The Morgan fingerprint density at radius 3 is 2.75 bits per heavy atom. The molecule has 0 aromatic heterocycles. The Bertz CT molecular complexity index is 140. The molecular weight excluding hydrogens is 148 g/mol.